The summed E-state index contributed by atoms with van der Waals surface area (Å²) < 4.78 is 13.0. The largest absolute Gasteiger partial charge is 0.319 e. The highest BCUT2D eigenvalue weighted by atomic mass is 35.5. The van der Waals surface area contributed by atoms with Crippen molar-refractivity contribution in [2.45, 2.75) is 24.8 Å². The molecule has 0 saturated heterocycles. The first-order valence-electron chi connectivity index (χ1n) is 5.79. The van der Waals surface area contributed by atoms with Gasteiger partial charge in [0.25, 0.3) is 0 Å². The lowest BCUT2D eigenvalue weighted by Gasteiger charge is -2.35. The van der Waals surface area contributed by atoms with E-state index in [9.17, 15) is 4.39 Å². The first-order valence-corrected chi connectivity index (χ1v) is 7.05. The third-order valence-corrected chi connectivity index (χ3v) is 4.76. The number of aromatic nitrogens is 1. The van der Waals surface area contributed by atoms with Crippen LogP contribution in [0.15, 0.2) is 23.6 Å². The van der Waals surface area contributed by atoms with Crippen LogP contribution in [-0.4, -0.2) is 4.98 Å². The predicted octanol–water partition coefficient (Wildman–Crippen LogP) is 3.94. The summed E-state index contributed by atoms with van der Waals surface area (Å²) >= 11 is 7.58. The summed E-state index contributed by atoms with van der Waals surface area (Å²) in [5, 5.41) is 3.26. The van der Waals surface area contributed by atoms with Gasteiger partial charge in [0.2, 0.25) is 0 Å². The molecule has 0 atom stereocenters. The maximum Gasteiger partial charge on any atom is 0.124 e. The van der Waals surface area contributed by atoms with Gasteiger partial charge in [-0.15, -0.1) is 11.3 Å². The quantitative estimate of drug-likeness (QED) is 0.906. The van der Waals surface area contributed by atoms with E-state index in [4.69, 9.17) is 17.3 Å². The zero-order chi connectivity index (χ0) is 12.8. The van der Waals surface area contributed by atoms with Gasteiger partial charge in [0.1, 0.15) is 10.8 Å². The smallest absolute Gasteiger partial charge is 0.124 e. The normalized spacial score (nSPS) is 17.5. The highest BCUT2D eigenvalue weighted by Gasteiger charge is 2.37. The van der Waals surface area contributed by atoms with Crippen molar-refractivity contribution >= 4 is 22.9 Å². The van der Waals surface area contributed by atoms with E-state index in [-0.39, 0.29) is 11.4 Å². The lowest BCUT2D eigenvalue weighted by molar-refractivity contribution is 0.253. The van der Waals surface area contributed by atoms with Crippen LogP contribution in [0.3, 0.4) is 0 Å². The summed E-state index contributed by atoms with van der Waals surface area (Å²) in [5.41, 5.74) is 7.51. The molecule has 18 heavy (non-hydrogen) atoms. The summed E-state index contributed by atoms with van der Waals surface area (Å²) in [4.78, 5) is 4.55. The molecule has 5 heteroatoms. The van der Waals surface area contributed by atoms with E-state index >= 15 is 0 Å². The van der Waals surface area contributed by atoms with Crippen LogP contribution in [0.1, 0.15) is 24.3 Å². The van der Waals surface area contributed by atoms with Crippen LogP contribution < -0.4 is 5.73 Å². The summed E-state index contributed by atoms with van der Waals surface area (Å²) in [6, 6.07) is 4.35. The van der Waals surface area contributed by atoms with Crippen molar-refractivity contribution in [2.75, 3.05) is 0 Å². The van der Waals surface area contributed by atoms with E-state index in [1.54, 1.807) is 17.4 Å². The molecule has 2 aromatic rings. The van der Waals surface area contributed by atoms with Crippen molar-refractivity contribution in [3.63, 3.8) is 0 Å². The van der Waals surface area contributed by atoms with Crippen LogP contribution in [0.4, 0.5) is 4.39 Å². The molecule has 0 unspecified atom stereocenters. The van der Waals surface area contributed by atoms with Crippen LogP contribution >= 0.6 is 22.9 Å². The fraction of sp³-hybridized carbons (Fsp3) is 0.308. The minimum Gasteiger partial charge on any atom is -0.319 e. The standard InChI is InChI=1S/C13H12ClFN2S/c14-10-6-8(15)2-3-9(10)11-7-18-12(17-11)13(16)4-1-5-13/h2-3,6-7H,1,4-5,16H2. The minimum atomic E-state index is -0.339. The van der Waals surface area contributed by atoms with Crippen LogP contribution in [0.5, 0.6) is 0 Å². The summed E-state index contributed by atoms with van der Waals surface area (Å²) in [6.07, 6.45) is 3.12. The fourth-order valence-electron chi connectivity index (χ4n) is 2.09. The van der Waals surface area contributed by atoms with E-state index in [1.807, 2.05) is 5.38 Å². The highest BCUT2D eigenvalue weighted by Crippen LogP contribution is 2.41. The topological polar surface area (TPSA) is 38.9 Å². The molecule has 1 saturated carbocycles. The molecule has 1 aromatic carbocycles. The lowest BCUT2D eigenvalue weighted by atomic mass is 9.78. The first-order chi connectivity index (χ1) is 8.58. The molecule has 0 spiro atoms. The minimum absolute atomic E-state index is 0.255. The van der Waals surface area contributed by atoms with E-state index in [1.165, 1.54) is 12.1 Å². The average Bonchev–Trinajstić information content (AvgIpc) is 2.75. The number of hydrogen-bond donors (Lipinski definition) is 1. The number of nitrogens with two attached hydrogens (primary N) is 1. The Bertz CT molecular complexity index is 592. The van der Waals surface area contributed by atoms with E-state index in [0.717, 1.165) is 35.5 Å². The van der Waals surface area contributed by atoms with Crippen molar-refractivity contribution in [3.8, 4) is 11.3 Å². The molecule has 0 radical (unpaired) electrons. The molecule has 2 N–H and O–H groups in total. The molecule has 1 aliphatic rings. The number of thiazole rings is 1. The van der Waals surface area contributed by atoms with Crippen molar-refractivity contribution in [2.24, 2.45) is 5.73 Å². The third kappa shape index (κ3) is 1.94. The summed E-state index contributed by atoms with van der Waals surface area (Å²) in [7, 11) is 0. The monoisotopic (exact) mass is 282 g/mol. The Morgan fingerprint density at radius 3 is 2.78 bits per heavy atom. The Hall–Kier alpha value is -0.970. The van der Waals surface area contributed by atoms with Crippen LogP contribution in [0.25, 0.3) is 11.3 Å². The Morgan fingerprint density at radius 1 is 1.39 bits per heavy atom. The second-order valence-electron chi connectivity index (χ2n) is 4.67. The number of rotatable bonds is 2. The number of halogens is 2. The first kappa shape index (κ1) is 12.1. The molecular formula is C13H12ClFN2S. The van der Waals surface area contributed by atoms with E-state index in [0.29, 0.717) is 5.02 Å². The average molecular weight is 283 g/mol. The van der Waals surface area contributed by atoms with E-state index < -0.39 is 0 Å². The Balaban J connectivity index is 1.97. The zero-order valence-electron chi connectivity index (χ0n) is 9.62. The van der Waals surface area contributed by atoms with Gasteiger partial charge in [0.15, 0.2) is 0 Å². The summed E-state index contributed by atoms with van der Waals surface area (Å²) in [6.45, 7) is 0. The van der Waals surface area contributed by atoms with Gasteiger partial charge in [-0.05, 0) is 37.5 Å². The van der Waals surface area contributed by atoms with Crippen molar-refractivity contribution in [1.29, 1.82) is 0 Å². The molecule has 94 valence electrons. The lowest BCUT2D eigenvalue weighted by Crippen LogP contribution is -2.43. The molecule has 1 aromatic heterocycles. The predicted molar refractivity (Wildman–Crippen MR) is 72.2 cm³/mol. The highest BCUT2D eigenvalue weighted by molar-refractivity contribution is 7.10. The Labute approximate surface area is 114 Å². The molecule has 0 amide bonds. The second-order valence-corrected chi connectivity index (χ2v) is 5.94. The van der Waals surface area contributed by atoms with Crippen LogP contribution in [-0.2, 0) is 5.54 Å². The zero-order valence-corrected chi connectivity index (χ0v) is 11.2. The molecule has 0 bridgehead atoms. The third-order valence-electron chi connectivity index (χ3n) is 3.38. The number of benzene rings is 1. The molecule has 2 nitrogen and oxygen atoms in total. The van der Waals surface area contributed by atoms with Gasteiger partial charge in [-0.2, -0.15) is 0 Å². The maximum atomic E-state index is 13.0. The van der Waals surface area contributed by atoms with Gasteiger partial charge >= 0.3 is 0 Å². The summed E-state index contributed by atoms with van der Waals surface area (Å²) in [5.74, 6) is -0.339. The molecule has 1 aliphatic carbocycles. The molecule has 1 fully saturated rings. The van der Waals surface area contributed by atoms with Gasteiger partial charge in [-0.3, -0.25) is 0 Å². The Morgan fingerprint density at radius 2 is 2.17 bits per heavy atom. The molecular weight excluding hydrogens is 271 g/mol. The Kier molecular flexibility index (Phi) is 2.88. The molecule has 3 rings (SSSR count). The van der Waals surface area contributed by atoms with Crippen molar-refractivity contribution < 1.29 is 4.39 Å². The fourth-order valence-corrected chi connectivity index (χ4v) is 3.35. The molecule has 1 heterocycles. The van der Waals surface area contributed by atoms with E-state index in [2.05, 4.69) is 4.98 Å². The van der Waals surface area contributed by atoms with Gasteiger partial charge in [0, 0.05) is 10.9 Å². The van der Waals surface area contributed by atoms with Crippen molar-refractivity contribution in [3.05, 3.63) is 39.4 Å². The maximum absolute atomic E-state index is 13.0. The van der Waals surface area contributed by atoms with Gasteiger partial charge in [-0.1, -0.05) is 11.6 Å². The van der Waals surface area contributed by atoms with Gasteiger partial charge in [0.05, 0.1) is 16.3 Å². The second kappa shape index (κ2) is 4.30. The van der Waals surface area contributed by atoms with Gasteiger partial charge < -0.3 is 5.73 Å². The molecule has 0 aliphatic heterocycles. The van der Waals surface area contributed by atoms with Crippen LogP contribution in [0, 0.1) is 5.82 Å². The SMILES string of the molecule is NC1(c2nc(-c3ccc(F)cc3Cl)cs2)CCC1. The van der Waals surface area contributed by atoms with Crippen molar-refractivity contribution in [1.82, 2.24) is 4.98 Å². The number of hydrogen-bond acceptors (Lipinski definition) is 3. The van der Waals surface area contributed by atoms with Gasteiger partial charge in [-0.25, -0.2) is 9.37 Å². The van der Waals surface area contributed by atoms with Crippen LogP contribution in [0.2, 0.25) is 5.02 Å². The number of nitrogens with zero attached hydrogens (tertiary/aromatic N) is 1.